The van der Waals surface area contributed by atoms with Crippen LogP contribution >= 0.6 is 59.6 Å². The number of aliphatic hydroxyl groups is 1. The molecule has 3 aliphatic rings. The second-order valence-electron chi connectivity index (χ2n) is 8.85. The quantitative estimate of drug-likeness (QED) is 0.486. The zero-order valence-electron chi connectivity index (χ0n) is 18.7. The molecule has 0 amide bonds. The van der Waals surface area contributed by atoms with Gasteiger partial charge in [-0.05, 0) is 64.9 Å². The fourth-order valence-corrected chi connectivity index (χ4v) is 5.71. The van der Waals surface area contributed by atoms with E-state index in [0.29, 0.717) is 16.6 Å². The predicted octanol–water partition coefficient (Wildman–Crippen LogP) is 5.94. The molecule has 5 rings (SSSR count). The largest absolute Gasteiger partial charge is 0.387 e. The van der Waals surface area contributed by atoms with Gasteiger partial charge in [0.1, 0.15) is 0 Å². The molecule has 1 N–H and O–H groups in total. The van der Waals surface area contributed by atoms with Crippen molar-refractivity contribution in [3.05, 3.63) is 73.7 Å². The Hall–Kier alpha value is -0.530. The van der Waals surface area contributed by atoms with Gasteiger partial charge in [0.05, 0.1) is 29.4 Å². The van der Waals surface area contributed by atoms with Gasteiger partial charge in [0.2, 0.25) is 0 Å². The van der Waals surface area contributed by atoms with E-state index < -0.39 is 6.10 Å². The topological polar surface area (TPSA) is 35.9 Å². The third-order valence-electron chi connectivity index (χ3n) is 6.93. The van der Waals surface area contributed by atoms with Crippen molar-refractivity contribution in [3.8, 4) is 0 Å². The number of β-amino-alcohol motifs (C(OH)–C–C–N with tert-alkyl or cyclic N) is 1. The molecule has 0 aromatic heterocycles. The molecule has 9 heteroatoms. The predicted molar refractivity (Wildman–Crippen MR) is 145 cm³/mol. The number of benzene rings is 2. The van der Waals surface area contributed by atoms with Crippen LogP contribution in [0.5, 0.6) is 0 Å². The third kappa shape index (κ3) is 5.88. The average molecular weight is 567 g/mol. The second-order valence-corrected chi connectivity index (χ2v) is 10.1. The molecule has 1 fully saturated rings. The maximum Gasteiger partial charge on any atom is 0.0917 e. The monoisotopic (exact) mass is 564 g/mol. The smallest absolute Gasteiger partial charge is 0.0917 e. The summed E-state index contributed by atoms with van der Waals surface area (Å²) in [5, 5.41) is 12.8. The number of nitrogens with zero attached hydrogens (tertiary/aromatic N) is 2. The van der Waals surface area contributed by atoms with Crippen LogP contribution in [-0.2, 0) is 11.2 Å². The van der Waals surface area contributed by atoms with E-state index in [1.165, 1.54) is 22.3 Å². The average Bonchev–Trinajstić information content (AvgIpc) is 3.16. The number of hydrogen-bond donors (Lipinski definition) is 1. The molecule has 2 heterocycles. The van der Waals surface area contributed by atoms with Gasteiger partial charge in [0, 0.05) is 43.8 Å². The van der Waals surface area contributed by atoms with Gasteiger partial charge in [-0.25, -0.2) is 0 Å². The van der Waals surface area contributed by atoms with Crippen LogP contribution in [0.25, 0.3) is 5.57 Å². The van der Waals surface area contributed by atoms with Crippen LogP contribution < -0.4 is 0 Å². The van der Waals surface area contributed by atoms with E-state index in [-0.39, 0.29) is 30.9 Å². The lowest BCUT2D eigenvalue weighted by Gasteiger charge is -2.41. The summed E-state index contributed by atoms with van der Waals surface area (Å²) < 4.78 is 5.56. The van der Waals surface area contributed by atoms with Crippen LogP contribution in [0, 0.1) is 0 Å². The number of morpholine rings is 1. The Morgan fingerprint density at radius 3 is 2.47 bits per heavy atom. The van der Waals surface area contributed by atoms with Gasteiger partial charge >= 0.3 is 0 Å². The van der Waals surface area contributed by atoms with Gasteiger partial charge in [0.25, 0.3) is 0 Å². The van der Waals surface area contributed by atoms with Crippen molar-refractivity contribution in [2.45, 2.75) is 25.0 Å². The Balaban J connectivity index is 0.00000162. The van der Waals surface area contributed by atoms with Gasteiger partial charge in [-0.15, -0.1) is 24.8 Å². The van der Waals surface area contributed by atoms with Crippen molar-refractivity contribution in [1.29, 1.82) is 0 Å². The summed E-state index contributed by atoms with van der Waals surface area (Å²) in [5.41, 5.74) is 6.38. The summed E-state index contributed by atoms with van der Waals surface area (Å²) in [6, 6.07) is 11.9. The molecule has 0 saturated carbocycles. The SMILES string of the molecule is Cl.Cl.OC(CN1CCC2=C(Cc3ccc(Cl)cc32)C1CN1CCOCC1)c1ccc(Cl)c(Cl)c1. The number of halogens is 5. The maximum absolute atomic E-state index is 11.1. The molecule has 2 aromatic rings. The summed E-state index contributed by atoms with van der Waals surface area (Å²) in [7, 11) is 0. The molecule has 2 aliphatic heterocycles. The fourth-order valence-electron chi connectivity index (χ4n) is 5.23. The van der Waals surface area contributed by atoms with E-state index in [1.807, 2.05) is 12.1 Å². The first-order valence-electron chi connectivity index (χ1n) is 11.2. The van der Waals surface area contributed by atoms with Crippen LogP contribution in [0.2, 0.25) is 15.1 Å². The fraction of sp³-hybridized carbons (Fsp3) is 0.440. The molecule has 0 spiro atoms. The minimum Gasteiger partial charge on any atom is -0.387 e. The van der Waals surface area contributed by atoms with E-state index in [0.717, 1.165) is 62.8 Å². The van der Waals surface area contributed by atoms with Crippen molar-refractivity contribution in [2.75, 3.05) is 45.9 Å². The minimum atomic E-state index is -0.627. The van der Waals surface area contributed by atoms with Crippen molar-refractivity contribution in [2.24, 2.45) is 0 Å². The zero-order valence-corrected chi connectivity index (χ0v) is 22.6. The first-order valence-corrected chi connectivity index (χ1v) is 12.3. The number of ether oxygens (including phenoxy) is 1. The molecule has 1 aliphatic carbocycles. The Labute approximate surface area is 228 Å². The van der Waals surface area contributed by atoms with Crippen molar-refractivity contribution in [3.63, 3.8) is 0 Å². The second kappa shape index (κ2) is 12.1. The maximum atomic E-state index is 11.1. The summed E-state index contributed by atoms with van der Waals surface area (Å²) in [5.74, 6) is 0. The van der Waals surface area contributed by atoms with Crippen LogP contribution in [0.4, 0.5) is 0 Å². The summed E-state index contributed by atoms with van der Waals surface area (Å²) in [6.45, 7) is 5.85. The van der Waals surface area contributed by atoms with E-state index in [1.54, 1.807) is 12.1 Å². The van der Waals surface area contributed by atoms with E-state index >= 15 is 0 Å². The summed E-state index contributed by atoms with van der Waals surface area (Å²) >= 11 is 18.6. The van der Waals surface area contributed by atoms with E-state index in [2.05, 4.69) is 21.9 Å². The van der Waals surface area contributed by atoms with Gasteiger partial charge in [0.15, 0.2) is 0 Å². The van der Waals surface area contributed by atoms with Crippen LogP contribution in [0.15, 0.2) is 42.0 Å². The minimum absolute atomic E-state index is 0. The normalized spacial score (nSPS) is 21.4. The lowest BCUT2D eigenvalue weighted by Crippen LogP contribution is -2.51. The Kier molecular flexibility index (Phi) is 10.0. The van der Waals surface area contributed by atoms with E-state index in [4.69, 9.17) is 39.5 Å². The third-order valence-corrected chi connectivity index (χ3v) is 7.90. The number of rotatable bonds is 5. The Morgan fingerprint density at radius 2 is 1.74 bits per heavy atom. The van der Waals surface area contributed by atoms with Crippen LogP contribution in [0.1, 0.15) is 29.2 Å². The zero-order chi connectivity index (χ0) is 22.2. The summed E-state index contributed by atoms with van der Waals surface area (Å²) in [4.78, 5) is 4.92. The molecule has 186 valence electrons. The lowest BCUT2D eigenvalue weighted by molar-refractivity contribution is 0.0192. The first kappa shape index (κ1) is 28.0. The van der Waals surface area contributed by atoms with Crippen molar-refractivity contribution < 1.29 is 9.84 Å². The highest BCUT2D eigenvalue weighted by molar-refractivity contribution is 6.42. The van der Waals surface area contributed by atoms with Crippen LogP contribution in [0.3, 0.4) is 0 Å². The Morgan fingerprint density at radius 1 is 0.971 bits per heavy atom. The lowest BCUT2D eigenvalue weighted by atomic mass is 9.91. The summed E-state index contributed by atoms with van der Waals surface area (Å²) in [6.07, 6.45) is 1.30. The van der Waals surface area contributed by atoms with Gasteiger partial charge in [-0.2, -0.15) is 0 Å². The van der Waals surface area contributed by atoms with Gasteiger partial charge in [-0.1, -0.05) is 46.9 Å². The van der Waals surface area contributed by atoms with Crippen molar-refractivity contribution in [1.82, 2.24) is 9.80 Å². The number of fused-ring (bicyclic) bond motifs is 2. The molecule has 2 atom stereocenters. The molecule has 0 bridgehead atoms. The molecule has 34 heavy (non-hydrogen) atoms. The van der Waals surface area contributed by atoms with E-state index in [9.17, 15) is 5.11 Å². The van der Waals surface area contributed by atoms with Crippen LogP contribution in [-0.4, -0.2) is 66.9 Å². The standard InChI is InChI=1S/C25H27Cl3N2O2.2ClH/c26-18-3-1-16-11-21-19(20(16)13-18)5-6-30(24(21)14-29-7-9-32-10-8-29)15-25(31)17-2-4-22(27)23(28)12-17;;/h1-4,12-13,24-25,31H,5-11,14-15H2;2*1H. The van der Waals surface area contributed by atoms with Gasteiger partial charge < -0.3 is 9.84 Å². The number of hydrogen-bond acceptors (Lipinski definition) is 4. The highest BCUT2D eigenvalue weighted by atomic mass is 35.5. The molecular weight excluding hydrogens is 538 g/mol. The van der Waals surface area contributed by atoms with Gasteiger partial charge in [-0.3, -0.25) is 9.80 Å². The van der Waals surface area contributed by atoms with Crippen molar-refractivity contribution >= 4 is 65.2 Å². The highest BCUT2D eigenvalue weighted by Crippen LogP contribution is 2.42. The molecule has 1 saturated heterocycles. The molecule has 2 unspecified atom stereocenters. The molecule has 0 radical (unpaired) electrons. The molecule has 2 aromatic carbocycles. The Bertz CT molecular complexity index is 1040. The highest BCUT2D eigenvalue weighted by Gasteiger charge is 2.36. The first-order chi connectivity index (χ1) is 15.5. The number of aliphatic hydroxyl groups excluding tert-OH is 1. The molecule has 4 nitrogen and oxygen atoms in total. The molecular formula is C25H29Cl5N2O2.